The summed E-state index contributed by atoms with van der Waals surface area (Å²) in [4.78, 5) is 1.20. The van der Waals surface area contributed by atoms with Gasteiger partial charge in [0.1, 0.15) is 0 Å². The number of hydrogen-bond donors (Lipinski definition) is 2. The average molecular weight is 212 g/mol. The lowest BCUT2D eigenvalue weighted by atomic mass is 10.3. The standard InChI is InChI=1S/C9H16N4S/c1-7(4-11-8-2-3-8)10-5-9-6-12-13-14-9/h6-8,10-11H,2-5H2,1H3. The molecule has 2 N–H and O–H groups in total. The Bertz CT molecular complexity index is 258. The quantitative estimate of drug-likeness (QED) is 0.731. The molecule has 1 aromatic heterocycles. The molecule has 1 aromatic rings. The minimum atomic E-state index is 0.512. The Hall–Kier alpha value is -0.520. The summed E-state index contributed by atoms with van der Waals surface area (Å²) in [6.45, 7) is 4.13. The molecule has 0 saturated heterocycles. The second kappa shape index (κ2) is 4.82. The van der Waals surface area contributed by atoms with Crippen molar-refractivity contribution in [1.82, 2.24) is 20.2 Å². The van der Waals surface area contributed by atoms with E-state index in [0.29, 0.717) is 6.04 Å². The van der Waals surface area contributed by atoms with Crippen molar-refractivity contribution in [3.63, 3.8) is 0 Å². The van der Waals surface area contributed by atoms with E-state index >= 15 is 0 Å². The predicted molar refractivity (Wildman–Crippen MR) is 57.2 cm³/mol. The van der Waals surface area contributed by atoms with Gasteiger partial charge in [0.2, 0.25) is 0 Å². The maximum absolute atomic E-state index is 3.82. The number of nitrogens with zero attached hydrogens (tertiary/aromatic N) is 2. The van der Waals surface area contributed by atoms with Gasteiger partial charge in [0.25, 0.3) is 0 Å². The monoisotopic (exact) mass is 212 g/mol. The second-order valence-electron chi connectivity index (χ2n) is 3.85. The van der Waals surface area contributed by atoms with Crippen LogP contribution in [0.1, 0.15) is 24.6 Å². The molecule has 1 aliphatic carbocycles. The molecule has 14 heavy (non-hydrogen) atoms. The van der Waals surface area contributed by atoms with Gasteiger partial charge in [-0.3, -0.25) is 0 Å². The fourth-order valence-corrected chi connectivity index (χ4v) is 1.68. The van der Waals surface area contributed by atoms with E-state index in [1.807, 2.05) is 6.20 Å². The fourth-order valence-electron chi connectivity index (χ4n) is 1.24. The van der Waals surface area contributed by atoms with Crippen molar-refractivity contribution in [3.8, 4) is 0 Å². The van der Waals surface area contributed by atoms with Gasteiger partial charge in [-0.15, -0.1) is 5.10 Å². The molecule has 0 spiro atoms. The van der Waals surface area contributed by atoms with Gasteiger partial charge in [0, 0.05) is 25.2 Å². The summed E-state index contributed by atoms with van der Waals surface area (Å²) in [5.41, 5.74) is 0. The molecule has 1 unspecified atom stereocenters. The molecular weight excluding hydrogens is 196 g/mol. The van der Waals surface area contributed by atoms with Gasteiger partial charge in [-0.1, -0.05) is 4.49 Å². The van der Waals surface area contributed by atoms with Gasteiger partial charge >= 0.3 is 0 Å². The Kier molecular flexibility index (Phi) is 3.44. The van der Waals surface area contributed by atoms with Crippen LogP contribution in [0.5, 0.6) is 0 Å². The molecule has 0 amide bonds. The second-order valence-corrected chi connectivity index (χ2v) is 4.72. The Morgan fingerprint density at radius 1 is 1.64 bits per heavy atom. The molecule has 78 valence electrons. The highest BCUT2D eigenvalue weighted by Gasteiger charge is 2.20. The van der Waals surface area contributed by atoms with Crippen LogP contribution in [0, 0.1) is 0 Å². The third-order valence-electron chi connectivity index (χ3n) is 2.32. The van der Waals surface area contributed by atoms with Gasteiger partial charge in [0.15, 0.2) is 0 Å². The molecular formula is C9H16N4S. The van der Waals surface area contributed by atoms with Crippen LogP contribution in [0.25, 0.3) is 0 Å². The van der Waals surface area contributed by atoms with Gasteiger partial charge in [-0.2, -0.15) is 0 Å². The van der Waals surface area contributed by atoms with E-state index in [9.17, 15) is 0 Å². The molecule has 2 rings (SSSR count). The van der Waals surface area contributed by atoms with Crippen LogP contribution in [0.3, 0.4) is 0 Å². The van der Waals surface area contributed by atoms with Crippen molar-refractivity contribution in [1.29, 1.82) is 0 Å². The molecule has 0 radical (unpaired) electrons. The topological polar surface area (TPSA) is 49.8 Å². The molecule has 5 heteroatoms. The van der Waals surface area contributed by atoms with E-state index in [2.05, 4.69) is 27.1 Å². The van der Waals surface area contributed by atoms with Gasteiger partial charge in [-0.25, -0.2) is 0 Å². The van der Waals surface area contributed by atoms with Crippen molar-refractivity contribution >= 4 is 11.5 Å². The zero-order valence-electron chi connectivity index (χ0n) is 8.36. The summed E-state index contributed by atoms with van der Waals surface area (Å²) in [6, 6.07) is 1.31. The maximum atomic E-state index is 3.82. The summed E-state index contributed by atoms with van der Waals surface area (Å²) in [5.74, 6) is 0. The minimum Gasteiger partial charge on any atom is -0.312 e. The van der Waals surface area contributed by atoms with Gasteiger partial charge in [0.05, 0.1) is 11.1 Å². The van der Waals surface area contributed by atoms with Crippen molar-refractivity contribution in [3.05, 3.63) is 11.1 Å². The van der Waals surface area contributed by atoms with Crippen molar-refractivity contribution in [2.75, 3.05) is 6.54 Å². The Balaban J connectivity index is 1.59. The van der Waals surface area contributed by atoms with Crippen molar-refractivity contribution < 1.29 is 0 Å². The minimum absolute atomic E-state index is 0.512. The Labute approximate surface area is 88.3 Å². The Morgan fingerprint density at radius 2 is 2.50 bits per heavy atom. The normalized spacial score (nSPS) is 18.4. The highest BCUT2D eigenvalue weighted by molar-refractivity contribution is 7.05. The largest absolute Gasteiger partial charge is 0.312 e. The first-order valence-electron chi connectivity index (χ1n) is 5.07. The van der Waals surface area contributed by atoms with Crippen LogP contribution in [0.15, 0.2) is 6.20 Å². The molecule has 1 saturated carbocycles. The lowest BCUT2D eigenvalue weighted by Gasteiger charge is -2.13. The number of nitrogens with one attached hydrogen (secondary N) is 2. The fraction of sp³-hybridized carbons (Fsp3) is 0.778. The first-order chi connectivity index (χ1) is 6.84. The van der Waals surface area contributed by atoms with Crippen molar-refractivity contribution in [2.45, 2.75) is 38.4 Å². The molecule has 1 atom stereocenters. The van der Waals surface area contributed by atoms with E-state index in [4.69, 9.17) is 0 Å². The molecule has 4 nitrogen and oxygen atoms in total. The molecule has 0 aromatic carbocycles. The van der Waals surface area contributed by atoms with Crippen LogP contribution < -0.4 is 10.6 Å². The first-order valence-corrected chi connectivity index (χ1v) is 5.85. The van der Waals surface area contributed by atoms with E-state index in [1.54, 1.807) is 0 Å². The third kappa shape index (κ3) is 3.32. The van der Waals surface area contributed by atoms with E-state index in [-0.39, 0.29) is 0 Å². The molecule has 1 aliphatic rings. The molecule has 0 aliphatic heterocycles. The lowest BCUT2D eigenvalue weighted by molar-refractivity contribution is 0.502. The zero-order chi connectivity index (χ0) is 9.80. The Morgan fingerprint density at radius 3 is 3.14 bits per heavy atom. The molecule has 1 heterocycles. The van der Waals surface area contributed by atoms with E-state index < -0.39 is 0 Å². The summed E-state index contributed by atoms with van der Waals surface area (Å²) in [7, 11) is 0. The van der Waals surface area contributed by atoms with Crippen LogP contribution in [-0.4, -0.2) is 28.2 Å². The SMILES string of the molecule is CC(CNC1CC1)NCc1cnns1. The van der Waals surface area contributed by atoms with Gasteiger partial charge < -0.3 is 10.6 Å². The number of hydrogen-bond acceptors (Lipinski definition) is 5. The highest BCUT2D eigenvalue weighted by atomic mass is 32.1. The number of aromatic nitrogens is 2. The average Bonchev–Trinajstić information content (AvgIpc) is 2.87. The summed E-state index contributed by atoms with van der Waals surface area (Å²) in [6.07, 6.45) is 4.52. The maximum Gasteiger partial charge on any atom is 0.0666 e. The third-order valence-corrected chi connectivity index (χ3v) is 2.98. The van der Waals surface area contributed by atoms with Gasteiger partial charge in [-0.05, 0) is 31.3 Å². The smallest absolute Gasteiger partial charge is 0.0666 e. The van der Waals surface area contributed by atoms with E-state index in [0.717, 1.165) is 19.1 Å². The zero-order valence-corrected chi connectivity index (χ0v) is 9.18. The van der Waals surface area contributed by atoms with Crippen molar-refractivity contribution in [2.24, 2.45) is 0 Å². The molecule has 1 fully saturated rings. The van der Waals surface area contributed by atoms with Crippen LogP contribution in [0.2, 0.25) is 0 Å². The first kappa shape index (κ1) is 10.0. The van der Waals surface area contributed by atoms with E-state index in [1.165, 1.54) is 29.3 Å². The lowest BCUT2D eigenvalue weighted by Crippen LogP contribution is -2.36. The van der Waals surface area contributed by atoms with Crippen LogP contribution in [-0.2, 0) is 6.54 Å². The highest BCUT2D eigenvalue weighted by Crippen LogP contribution is 2.18. The van der Waals surface area contributed by atoms with Crippen LogP contribution >= 0.6 is 11.5 Å². The molecule has 0 bridgehead atoms. The predicted octanol–water partition coefficient (Wildman–Crippen LogP) is 0.768. The summed E-state index contributed by atoms with van der Waals surface area (Å²) >= 11 is 1.46. The summed E-state index contributed by atoms with van der Waals surface area (Å²) in [5, 5.41) is 10.7. The van der Waals surface area contributed by atoms with Crippen LogP contribution in [0.4, 0.5) is 0 Å². The number of rotatable bonds is 6. The summed E-state index contributed by atoms with van der Waals surface area (Å²) < 4.78 is 3.82.